The van der Waals surface area contributed by atoms with Crippen molar-refractivity contribution in [2.24, 2.45) is 0 Å². The van der Waals surface area contributed by atoms with Crippen LogP contribution < -0.4 is 9.47 Å². The monoisotopic (exact) mass is 412 g/mol. The quantitative estimate of drug-likeness (QED) is 0.726. The Hall–Kier alpha value is -2.64. The standard InChI is InChI=1S/C23H28N2O5/c1-16-6-8-19(11-24-16)30-20-14-28-21-12-25(13-22(21)29-15-20)23(26)9-7-17-4-3-5-18(10-17)27-2/h3-6,8,10-11,20-22H,7,9,12-15H2,1-2H3/t21-,22-/m0/s1. The number of pyridine rings is 1. The number of fused-ring (bicyclic) bond motifs is 1. The molecule has 1 aromatic carbocycles. The fourth-order valence-corrected chi connectivity index (χ4v) is 3.80. The highest BCUT2D eigenvalue weighted by Crippen LogP contribution is 2.23. The maximum atomic E-state index is 12.7. The van der Waals surface area contributed by atoms with Gasteiger partial charge in [0.1, 0.15) is 29.8 Å². The van der Waals surface area contributed by atoms with Crippen LogP contribution in [0, 0.1) is 6.92 Å². The first-order valence-electron chi connectivity index (χ1n) is 10.3. The number of ether oxygens (including phenoxy) is 4. The molecule has 30 heavy (non-hydrogen) atoms. The number of benzene rings is 1. The van der Waals surface area contributed by atoms with Gasteiger partial charge >= 0.3 is 0 Å². The van der Waals surface area contributed by atoms with Gasteiger partial charge in [0.05, 0.1) is 26.5 Å². The summed E-state index contributed by atoms with van der Waals surface area (Å²) in [6.45, 7) is 3.91. The smallest absolute Gasteiger partial charge is 0.223 e. The second-order valence-electron chi connectivity index (χ2n) is 7.77. The number of likely N-dealkylation sites (tertiary alicyclic amines) is 1. The number of aromatic nitrogens is 1. The number of amides is 1. The van der Waals surface area contributed by atoms with Gasteiger partial charge in [0.2, 0.25) is 5.91 Å². The van der Waals surface area contributed by atoms with Crippen LogP contribution in [0.1, 0.15) is 17.7 Å². The third-order valence-corrected chi connectivity index (χ3v) is 5.51. The molecule has 2 aliphatic rings. The highest BCUT2D eigenvalue weighted by atomic mass is 16.6. The van der Waals surface area contributed by atoms with E-state index in [1.807, 2.05) is 48.2 Å². The van der Waals surface area contributed by atoms with E-state index < -0.39 is 0 Å². The van der Waals surface area contributed by atoms with Crippen molar-refractivity contribution in [3.05, 3.63) is 53.9 Å². The van der Waals surface area contributed by atoms with Crippen LogP contribution in [0.3, 0.4) is 0 Å². The Bertz CT molecular complexity index is 841. The Morgan fingerprint density at radius 2 is 1.90 bits per heavy atom. The molecule has 160 valence electrons. The molecule has 1 aromatic heterocycles. The summed E-state index contributed by atoms with van der Waals surface area (Å²) in [6.07, 6.45) is 2.44. The van der Waals surface area contributed by atoms with E-state index in [9.17, 15) is 4.79 Å². The topological polar surface area (TPSA) is 70.1 Å². The van der Waals surface area contributed by atoms with Crippen molar-refractivity contribution in [3.8, 4) is 11.5 Å². The van der Waals surface area contributed by atoms with Crippen LogP contribution in [0.5, 0.6) is 11.5 Å². The van der Waals surface area contributed by atoms with Gasteiger partial charge < -0.3 is 23.8 Å². The summed E-state index contributed by atoms with van der Waals surface area (Å²) < 4.78 is 23.2. The largest absolute Gasteiger partial charge is 0.497 e. The van der Waals surface area contributed by atoms with Crippen molar-refractivity contribution >= 4 is 5.91 Å². The molecule has 0 bridgehead atoms. The van der Waals surface area contributed by atoms with Gasteiger partial charge in [-0.25, -0.2) is 0 Å². The maximum Gasteiger partial charge on any atom is 0.223 e. The molecule has 0 spiro atoms. The van der Waals surface area contributed by atoms with Crippen molar-refractivity contribution in [2.45, 2.75) is 38.1 Å². The van der Waals surface area contributed by atoms with Crippen molar-refractivity contribution in [3.63, 3.8) is 0 Å². The van der Waals surface area contributed by atoms with E-state index in [2.05, 4.69) is 4.98 Å². The van der Waals surface area contributed by atoms with Gasteiger partial charge in [-0.1, -0.05) is 12.1 Å². The Morgan fingerprint density at radius 3 is 2.57 bits per heavy atom. The molecule has 7 nitrogen and oxygen atoms in total. The van der Waals surface area contributed by atoms with Crippen LogP contribution in [-0.4, -0.2) is 67.5 Å². The number of carbonyl (C=O) groups is 1. The Kier molecular flexibility index (Phi) is 6.50. The number of rotatable bonds is 6. The van der Waals surface area contributed by atoms with Crippen molar-refractivity contribution in [1.82, 2.24) is 9.88 Å². The number of hydrogen-bond acceptors (Lipinski definition) is 6. The van der Waals surface area contributed by atoms with Crippen LogP contribution in [0.15, 0.2) is 42.6 Å². The second-order valence-corrected chi connectivity index (χ2v) is 7.77. The van der Waals surface area contributed by atoms with Crippen LogP contribution >= 0.6 is 0 Å². The van der Waals surface area contributed by atoms with Crippen LogP contribution in [0.4, 0.5) is 0 Å². The molecular formula is C23H28N2O5. The fraction of sp³-hybridized carbons (Fsp3) is 0.478. The minimum Gasteiger partial charge on any atom is -0.497 e. The lowest BCUT2D eigenvalue weighted by molar-refractivity contribution is -0.131. The average molecular weight is 412 g/mol. The summed E-state index contributed by atoms with van der Waals surface area (Å²) in [5.41, 5.74) is 2.04. The van der Waals surface area contributed by atoms with Gasteiger partial charge in [0.15, 0.2) is 0 Å². The third-order valence-electron chi connectivity index (χ3n) is 5.51. The van der Waals surface area contributed by atoms with Gasteiger partial charge in [-0.3, -0.25) is 9.78 Å². The van der Waals surface area contributed by atoms with E-state index in [1.165, 1.54) is 0 Å². The van der Waals surface area contributed by atoms with Gasteiger partial charge in [0, 0.05) is 25.2 Å². The molecule has 0 N–H and O–H groups in total. The zero-order valence-electron chi connectivity index (χ0n) is 17.5. The molecule has 3 heterocycles. The molecule has 0 saturated carbocycles. The molecule has 2 aliphatic heterocycles. The molecule has 0 radical (unpaired) electrons. The number of nitrogens with zero attached hydrogens (tertiary/aromatic N) is 2. The van der Waals surface area contributed by atoms with E-state index in [0.717, 1.165) is 17.0 Å². The van der Waals surface area contributed by atoms with Gasteiger partial charge in [-0.15, -0.1) is 0 Å². The Labute approximate surface area is 176 Å². The summed E-state index contributed by atoms with van der Waals surface area (Å²) in [7, 11) is 1.64. The van der Waals surface area contributed by atoms with Crippen molar-refractivity contribution in [2.75, 3.05) is 33.4 Å². The molecule has 1 amide bonds. The average Bonchev–Trinajstić information content (AvgIpc) is 3.09. The van der Waals surface area contributed by atoms with Crippen molar-refractivity contribution in [1.29, 1.82) is 0 Å². The van der Waals surface area contributed by atoms with Crippen molar-refractivity contribution < 1.29 is 23.7 Å². The molecule has 0 unspecified atom stereocenters. The first kappa shape index (κ1) is 20.6. The first-order chi connectivity index (χ1) is 14.6. The SMILES string of the molecule is COc1cccc(CCC(=O)N2C[C@@H]3OCC(Oc4ccc(C)nc4)CO[C@H]3C2)c1. The summed E-state index contributed by atoms with van der Waals surface area (Å²) in [5.74, 6) is 1.64. The van der Waals surface area contributed by atoms with E-state index >= 15 is 0 Å². The lowest BCUT2D eigenvalue weighted by Crippen LogP contribution is -2.33. The molecule has 2 atom stereocenters. The second kappa shape index (κ2) is 9.45. The summed E-state index contributed by atoms with van der Waals surface area (Å²) in [4.78, 5) is 18.8. The van der Waals surface area contributed by atoms with Gasteiger partial charge in [-0.2, -0.15) is 0 Å². The molecule has 2 saturated heterocycles. The number of carbonyl (C=O) groups excluding carboxylic acids is 1. The predicted molar refractivity (Wildman–Crippen MR) is 111 cm³/mol. The van der Waals surface area contributed by atoms with E-state index in [0.29, 0.717) is 44.9 Å². The lowest BCUT2D eigenvalue weighted by Gasteiger charge is -2.19. The highest BCUT2D eigenvalue weighted by molar-refractivity contribution is 5.77. The molecule has 0 aliphatic carbocycles. The predicted octanol–water partition coefficient (Wildman–Crippen LogP) is 2.41. The van der Waals surface area contributed by atoms with E-state index in [1.54, 1.807) is 13.3 Å². The zero-order chi connectivity index (χ0) is 20.9. The number of methoxy groups -OCH3 is 1. The minimum atomic E-state index is -0.183. The molecule has 2 fully saturated rings. The molecular weight excluding hydrogens is 384 g/mol. The number of aryl methyl sites for hydroxylation is 2. The zero-order valence-corrected chi connectivity index (χ0v) is 17.5. The third kappa shape index (κ3) is 5.09. The van der Waals surface area contributed by atoms with Crippen LogP contribution in [-0.2, 0) is 20.7 Å². The lowest BCUT2D eigenvalue weighted by atomic mass is 10.1. The first-order valence-corrected chi connectivity index (χ1v) is 10.3. The van der Waals surface area contributed by atoms with Crippen LogP contribution in [0.25, 0.3) is 0 Å². The van der Waals surface area contributed by atoms with Crippen LogP contribution in [0.2, 0.25) is 0 Å². The normalized spacial score (nSPS) is 21.7. The number of hydrogen-bond donors (Lipinski definition) is 0. The van der Waals surface area contributed by atoms with Gasteiger partial charge in [-0.05, 0) is 43.2 Å². The minimum absolute atomic E-state index is 0.115. The molecule has 2 aromatic rings. The Balaban J connectivity index is 1.25. The van der Waals surface area contributed by atoms with E-state index in [4.69, 9.17) is 18.9 Å². The van der Waals surface area contributed by atoms with E-state index in [-0.39, 0.29) is 24.2 Å². The summed E-state index contributed by atoms with van der Waals surface area (Å²) in [5, 5.41) is 0. The highest BCUT2D eigenvalue weighted by Gasteiger charge is 2.39. The summed E-state index contributed by atoms with van der Waals surface area (Å²) >= 11 is 0. The maximum absolute atomic E-state index is 12.7. The fourth-order valence-electron chi connectivity index (χ4n) is 3.80. The summed E-state index contributed by atoms with van der Waals surface area (Å²) in [6, 6.07) is 11.6. The Morgan fingerprint density at radius 1 is 1.13 bits per heavy atom. The molecule has 4 rings (SSSR count). The molecule has 7 heteroatoms. The van der Waals surface area contributed by atoms with Gasteiger partial charge in [0.25, 0.3) is 0 Å².